The van der Waals surface area contributed by atoms with Crippen LogP contribution in [0.5, 0.6) is 11.5 Å². The number of esters is 1. The number of nitro groups is 1. The minimum Gasteiger partial charge on any atom is -0.501 e. The van der Waals surface area contributed by atoms with Gasteiger partial charge in [0.15, 0.2) is 0 Å². The van der Waals surface area contributed by atoms with E-state index in [0.29, 0.717) is 0 Å². The van der Waals surface area contributed by atoms with Gasteiger partial charge in [-0.15, -0.1) is 0 Å². The second-order valence-electron chi connectivity index (χ2n) is 4.03. The first kappa shape index (κ1) is 14.9. The number of phenols is 1. The molecule has 8 heteroatoms. The molecule has 1 N–H and O–H groups in total. The van der Waals surface area contributed by atoms with Crippen LogP contribution in [0.15, 0.2) is 24.0 Å². The van der Waals surface area contributed by atoms with Crippen LogP contribution in [-0.2, 0) is 9.53 Å². The van der Waals surface area contributed by atoms with Gasteiger partial charge in [0, 0.05) is 5.56 Å². The number of fused-ring (bicyclic) bond motifs is 1. The maximum Gasteiger partial charge on any atom is 0.354 e. The molecular weight excluding hydrogens is 302 g/mol. The first-order chi connectivity index (χ1) is 9.86. The van der Waals surface area contributed by atoms with E-state index in [0.717, 1.165) is 0 Å². The third-order valence-electron chi connectivity index (χ3n) is 2.71. The Morgan fingerprint density at radius 3 is 2.86 bits per heavy atom. The minimum absolute atomic E-state index is 0.0282. The summed E-state index contributed by atoms with van der Waals surface area (Å²) in [6, 6.07) is 1.25. The number of ether oxygens (including phenoxy) is 2. The molecule has 0 fully saturated rings. The van der Waals surface area contributed by atoms with Crippen molar-refractivity contribution in [3.63, 3.8) is 0 Å². The SMILES string of the molecule is C=C1Oc2c(cc(Cl)c(O)c2[N+](=O)[O-])C=C1C(=O)OCC. The number of benzene rings is 1. The lowest BCUT2D eigenvalue weighted by Crippen LogP contribution is -2.15. The van der Waals surface area contributed by atoms with Crippen molar-refractivity contribution in [2.75, 3.05) is 6.61 Å². The monoisotopic (exact) mass is 311 g/mol. The molecule has 0 amide bonds. The summed E-state index contributed by atoms with van der Waals surface area (Å²) in [6.07, 6.45) is 1.32. The second-order valence-corrected chi connectivity index (χ2v) is 4.44. The fraction of sp³-hybridized carbons (Fsp3) is 0.154. The number of carbonyl (C=O) groups is 1. The van der Waals surface area contributed by atoms with Gasteiger partial charge in [-0.3, -0.25) is 10.1 Å². The Morgan fingerprint density at radius 2 is 2.29 bits per heavy atom. The van der Waals surface area contributed by atoms with Crippen molar-refractivity contribution in [3.8, 4) is 11.5 Å². The van der Waals surface area contributed by atoms with Crippen molar-refractivity contribution in [1.29, 1.82) is 0 Å². The zero-order valence-corrected chi connectivity index (χ0v) is 11.6. The Hall–Kier alpha value is -2.54. The average Bonchev–Trinajstić information content (AvgIpc) is 2.40. The smallest absolute Gasteiger partial charge is 0.354 e. The zero-order valence-electron chi connectivity index (χ0n) is 10.9. The lowest BCUT2D eigenvalue weighted by Gasteiger charge is -2.19. The largest absolute Gasteiger partial charge is 0.501 e. The minimum atomic E-state index is -0.823. The van der Waals surface area contributed by atoms with Gasteiger partial charge in [0.25, 0.3) is 0 Å². The van der Waals surface area contributed by atoms with Crippen LogP contribution in [0.1, 0.15) is 12.5 Å². The molecule has 1 aliphatic heterocycles. The molecule has 0 saturated heterocycles. The third kappa shape index (κ3) is 2.55. The number of hydrogen-bond acceptors (Lipinski definition) is 6. The summed E-state index contributed by atoms with van der Waals surface area (Å²) in [6.45, 7) is 5.32. The number of rotatable bonds is 3. The van der Waals surface area contributed by atoms with Crippen LogP contribution in [0.25, 0.3) is 6.08 Å². The fourth-order valence-electron chi connectivity index (χ4n) is 1.81. The van der Waals surface area contributed by atoms with E-state index in [1.807, 2.05) is 0 Å². The molecule has 1 aromatic carbocycles. The number of phenolic OH excluding ortho intramolecular Hbond substituents is 1. The number of halogens is 1. The van der Waals surface area contributed by atoms with Gasteiger partial charge in [0.2, 0.25) is 11.5 Å². The van der Waals surface area contributed by atoms with Gasteiger partial charge in [0.05, 0.1) is 16.6 Å². The molecule has 1 aromatic rings. The Bertz CT molecular complexity index is 694. The first-order valence-corrected chi connectivity index (χ1v) is 6.20. The lowest BCUT2D eigenvalue weighted by atomic mass is 10.0. The van der Waals surface area contributed by atoms with Crippen molar-refractivity contribution >= 4 is 29.3 Å². The Labute approximate surface area is 124 Å². The lowest BCUT2D eigenvalue weighted by molar-refractivity contribution is -0.386. The highest BCUT2D eigenvalue weighted by Gasteiger charge is 2.32. The topological polar surface area (TPSA) is 98.9 Å². The molecule has 1 aliphatic rings. The number of nitro benzene ring substituents is 1. The van der Waals surface area contributed by atoms with Gasteiger partial charge in [0.1, 0.15) is 11.3 Å². The van der Waals surface area contributed by atoms with E-state index in [2.05, 4.69) is 6.58 Å². The summed E-state index contributed by atoms with van der Waals surface area (Å²) in [4.78, 5) is 22.0. The molecule has 21 heavy (non-hydrogen) atoms. The van der Waals surface area contributed by atoms with E-state index < -0.39 is 22.3 Å². The summed E-state index contributed by atoms with van der Waals surface area (Å²) < 4.78 is 10.1. The molecule has 1 heterocycles. The Balaban J connectivity index is 2.63. The summed E-state index contributed by atoms with van der Waals surface area (Å²) in [5.74, 6) is -1.70. The predicted octanol–water partition coefficient (Wildman–Crippen LogP) is 2.81. The third-order valence-corrected chi connectivity index (χ3v) is 3.00. The Morgan fingerprint density at radius 1 is 1.62 bits per heavy atom. The molecule has 7 nitrogen and oxygen atoms in total. The highest BCUT2D eigenvalue weighted by molar-refractivity contribution is 6.32. The normalized spacial score (nSPS) is 13.0. The Kier molecular flexibility index (Phi) is 3.86. The maximum absolute atomic E-state index is 11.7. The van der Waals surface area contributed by atoms with Crippen molar-refractivity contribution in [2.45, 2.75) is 6.92 Å². The molecule has 0 saturated carbocycles. The summed E-state index contributed by atoms with van der Waals surface area (Å²) in [5, 5.41) is 20.5. The number of nitrogens with zero attached hydrogens (tertiary/aromatic N) is 1. The molecular formula is C13H10ClNO6. The van der Waals surface area contributed by atoms with Crippen LogP contribution in [0.2, 0.25) is 5.02 Å². The van der Waals surface area contributed by atoms with Gasteiger partial charge >= 0.3 is 11.7 Å². The predicted molar refractivity (Wildman–Crippen MR) is 74.1 cm³/mol. The summed E-state index contributed by atoms with van der Waals surface area (Å²) >= 11 is 5.74. The molecule has 0 atom stereocenters. The van der Waals surface area contributed by atoms with E-state index in [4.69, 9.17) is 21.1 Å². The molecule has 0 unspecified atom stereocenters. The van der Waals surface area contributed by atoms with Crippen LogP contribution >= 0.6 is 11.6 Å². The average molecular weight is 312 g/mol. The van der Waals surface area contributed by atoms with Crippen molar-refractivity contribution in [2.24, 2.45) is 0 Å². The van der Waals surface area contributed by atoms with E-state index in [1.165, 1.54) is 12.1 Å². The molecule has 2 rings (SSSR count). The highest BCUT2D eigenvalue weighted by Crippen LogP contribution is 2.47. The van der Waals surface area contributed by atoms with Crippen LogP contribution in [0, 0.1) is 10.1 Å². The molecule has 0 spiro atoms. The van der Waals surface area contributed by atoms with Crippen LogP contribution in [0.3, 0.4) is 0 Å². The fourth-order valence-corrected chi connectivity index (χ4v) is 2.01. The number of aromatic hydroxyl groups is 1. The number of carbonyl (C=O) groups excluding carboxylic acids is 1. The van der Waals surface area contributed by atoms with Crippen molar-refractivity contribution < 1.29 is 24.3 Å². The van der Waals surface area contributed by atoms with E-state index in [-0.39, 0.29) is 34.3 Å². The van der Waals surface area contributed by atoms with Gasteiger partial charge in [-0.1, -0.05) is 18.2 Å². The van der Waals surface area contributed by atoms with E-state index in [1.54, 1.807) is 6.92 Å². The van der Waals surface area contributed by atoms with Crippen LogP contribution < -0.4 is 4.74 Å². The van der Waals surface area contributed by atoms with Crippen LogP contribution in [-0.4, -0.2) is 22.6 Å². The molecule has 0 aromatic heterocycles. The van der Waals surface area contributed by atoms with Gasteiger partial charge in [-0.05, 0) is 19.1 Å². The maximum atomic E-state index is 11.7. The van der Waals surface area contributed by atoms with Gasteiger partial charge < -0.3 is 14.6 Å². The highest BCUT2D eigenvalue weighted by atomic mass is 35.5. The quantitative estimate of drug-likeness (QED) is 0.523. The van der Waals surface area contributed by atoms with Crippen molar-refractivity contribution in [3.05, 3.63) is 44.7 Å². The molecule has 0 radical (unpaired) electrons. The zero-order chi connectivity index (χ0) is 15.7. The van der Waals surface area contributed by atoms with E-state index >= 15 is 0 Å². The van der Waals surface area contributed by atoms with Gasteiger partial charge in [-0.2, -0.15) is 0 Å². The first-order valence-electron chi connectivity index (χ1n) is 5.82. The van der Waals surface area contributed by atoms with Crippen molar-refractivity contribution in [1.82, 2.24) is 0 Å². The second kappa shape index (κ2) is 5.45. The number of hydrogen-bond donors (Lipinski definition) is 1. The molecule has 0 aliphatic carbocycles. The van der Waals surface area contributed by atoms with Gasteiger partial charge in [-0.25, -0.2) is 4.79 Å². The molecule has 0 bridgehead atoms. The standard InChI is InChI=1S/C13H10ClNO6/c1-3-20-13(17)8-4-7-5-9(14)11(16)10(15(18)19)12(7)21-6(8)2/h4-5,16H,2-3H2,1H3. The summed E-state index contributed by atoms with van der Waals surface area (Å²) in [7, 11) is 0. The van der Waals surface area contributed by atoms with Crippen LogP contribution in [0.4, 0.5) is 5.69 Å². The molecule has 110 valence electrons. The summed E-state index contributed by atoms with van der Waals surface area (Å²) in [5.41, 5.74) is -0.474. The van der Waals surface area contributed by atoms with E-state index in [9.17, 15) is 20.0 Å².